The monoisotopic (exact) mass is 332 g/mol. The van der Waals surface area contributed by atoms with Crippen LogP contribution in [0.25, 0.3) is 0 Å². The zero-order valence-electron chi connectivity index (χ0n) is 15.9. The topological polar surface area (TPSA) is 48.9 Å². The highest BCUT2D eigenvalue weighted by molar-refractivity contribution is 5.80. The van der Waals surface area contributed by atoms with Crippen LogP contribution in [0.5, 0.6) is 5.75 Å². The number of benzene rings is 1. The third-order valence-corrected chi connectivity index (χ3v) is 4.72. The maximum Gasteiger partial charge on any atom is 0.191 e. The van der Waals surface area contributed by atoms with Crippen LogP contribution in [-0.4, -0.2) is 50.2 Å². The molecule has 2 rings (SSSR count). The Morgan fingerprint density at radius 1 is 1.33 bits per heavy atom. The molecule has 2 unspecified atom stereocenters. The lowest BCUT2D eigenvalue weighted by atomic mass is 10.1. The summed E-state index contributed by atoms with van der Waals surface area (Å²) >= 11 is 0. The molecule has 0 amide bonds. The number of nitrogens with one attached hydrogen (secondary N) is 2. The summed E-state index contributed by atoms with van der Waals surface area (Å²) in [4.78, 5) is 6.90. The van der Waals surface area contributed by atoms with Crippen molar-refractivity contribution in [2.45, 2.75) is 46.3 Å². The molecule has 5 nitrogen and oxygen atoms in total. The van der Waals surface area contributed by atoms with E-state index in [1.807, 2.05) is 13.1 Å². The number of likely N-dealkylation sites (tertiary alicyclic amines) is 1. The molecule has 134 valence electrons. The molecule has 24 heavy (non-hydrogen) atoms. The highest BCUT2D eigenvalue weighted by Gasteiger charge is 2.31. The number of guanidine groups is 1. The van der Waals surface area contributed by atoms with Crippen LogP contribution in [0.3, 0.4) is 0 Å². The Kier molecular flexibility index (Phi) is 6.49. The van der Waals surface area contributed by atoms with Crippen LogP contribution in [-0.2, 0) is 6.54 Å². The van der Waals surface area contributed by atoms with Crippen molar-refractivity contribution in [3.05, 3.63) is 29.3 Å². The molecule has 0 radical (unpaired) electrons. The van der Waals surface area contributed by atoms with E-state index in [4.69, 9.17) is 4.74 Å². The van der Waals surface area contributed by atoms with Crippen LogP contribution in [0.1, 0.15) is 31.9 Å². The number of rotatable bonds is 5. The smallest absolute Gasteiger partial charge is 0.191 e. The molecule has 0 aliphatic carbocycles. The Hall–Kier alpha value is -1.75. The molecule has 1 heterocycles. The van der Waals surface area contributed by atoms with Crippen molar-refractivity contribution >= 4 is 5.96 Å². The quantitative estimate of drug-likeness (QED) is 0.642. The molecular weight excluding hydrogens is 300 g/mol. The highest BCUT2D eigenvalue weighted by Crippen LogP contribution is 2.19. The third kappa shape index (κ3) is 4.87. The van der Waals surface area contributed by atoms with Crippen LogP contribution >= 0.6 is 0 Å². The molecule has 2 N–H and O–H groups in total. The first-order chi connectivity index (χ1) is 11.4. The van der Waals surface area contributed by atoms with Crippen LogP contribution in [0.15, 0.2) is 23.2 Å². The van der Waals surface area contributed by atoms with Gasteiger partial charge in [0.05, 0.1) is 7.11 Å². The van der Waals surface area contributed by atoms with Gasteiger partial charge in [-0.3, -0.25) is 9.89 Å². The molecule has 1 aliphatic heterocycles. The number of methoxy groups -OCH3 is 1. The number of aryl methyl sites for hydroxylation is 1. The van der Waals surface area contributed by atoms with E-state index in [9.17, 15) is 0 Å². The molecule has 0 spiro atoms. The van der Waals surface area contributed by atoms with Crippen molar-refractivity contribution in [3.8, 4) is 5.75 Å². The molecule has 1 aliphatic rings. The normalized spacial score (nSPS) is 22.0. The molecule has 1 aromatic carbocycles. The second-order valence-corrected chi connectivity index (χ2v) is 7.06. The van der Waals surface area contributed by atoms with E-state index in [1.54, 1.807) is 7.11 Å². The Bertz CT molecular complexity index is 570. The van der Waals surface area contributed by atoms with Gasteiger partial charge in [0.25, 0.3) is 0 Å². The Labute approximate surface area is 146 Å². The van der Waals surface area contributed by atoms with Gasteiger partial charge in [-0.2, -0.15) is 0 Å². The summed E-state index contributed by atoms with van der Waals surface area (Å²) in [6, 6.07) is 7.30. The summed E-state index contributed by atoms with van der Waals surface area (Å²) in [5, 5.41) is 7.00. The van der Waals surface area contributed by atoms with Crippen molar-refractivity contribution in [3.63, 3.8) is 0 Å². The van der Waals surface area contributed by atoms with Gasteiger partial charge in [0, 0.05) is 38.8 Å². The lowest BCUT2D eigenvalue weighted by Gasteiger charge is -2.22. The fourth-order valence-electron chi connectivity index (χ4n) is 3.21. The molecule has 0 aromatic heterocycles. The average Bonchev–Trinajstić information content (AvgIpc) is 2.92. The summed E-state index contributed by atoms with van der Waals surface area (Å²) < 4.78 is 5.35. The van der Waals surface area contributed by atoms with Gasteiger partial charge in [0.2, 0.25) is 0 Å². The minimum absolute atomic E-state index is 0.436. The maximum absolute atomic E-state index is 5.35. The third-order valence-electron chi connectivity index (χ3n) is 4.72. The molecule has 0 saturated carbocycles. The van der Waals surface area contributed by atoms with Crippen molar-refractivity contribution in [1.29, 1.82) is 0 Å². The van der Waals surface area contributed by atoms with E-state index in [0.29, 0.717) is 18.0 Å². The van der Waals surface area contributed by atoms with E-state index < -0.39 is 0 Å². The predicted octanol–water partition coefficient (Wildman–Crippen LogP) is 2.40. The lowest BCUT2D eigenvalue weighted by molar-refractivity contribution is 0.265. The Morgan fingerprint density at radius 2 is 2.08 bits per heavy atom. The van der Waals surface area contributed by atoms with E-state index in [0.717, 1.165) is 31.3 Å². The molecule has 0 bridgehead atoms. The standard InChI is InChI=1S/C19H32N4O/c1-13(2)23-11-15(4)18(12-23)22-19(20-5)21-10-16-7-14(3)8-17(9-16)24-6/h7-9,13,15,18H,10-12H2,1-6H3,(H2,20,21,22). The van der Waals surface area contributed by atoms with Gasteiger partial charge in [-0.25, -0.2) is 0 Å². The average molecular weight is 332 g/mol. The summed E-state index contributed by atoms with van der Waals surface area (Å²) in [5.41, 5.74) is 2.39. The van der Waals surface area contributed by atoms with Gasteiger partial charge in [0.1, 0.15) is 5.75 Å². The lowest BCUT2D eigenvalue weighted by Crippen LogP contribution is -2.46. The molecule has 2 atom stereocenters. The second-order valence-electron chi connectivity index (χ2n) is 7.06. The van der Waals surface area contributed by atoms with Crippen LogP contribution in [0, 0.1) is 12.8 Å². The minimum atomic E-state index is 0.436. The van der Waals surface area contributed by atoms with Crippen molar-refractivity contribution < 1.29 is 4.74 Å². The van der Waals surface area contributed by atoms with Crippen molar-refractivity contribution in [2.75, 3.05) is 27.2 Å². The van der Waals surface area contributed by atoms with Crippen LogP contribution in [0.2, 0.25) is 0 Å². The van der Waals surface area contributed by atoms with Gasteiger partial charge < -0.3 is 15.4 Å². The van der Waals surface area contributed by atoms with Gasteiger partial charge in [-0.1, -0.05) is 13.0 Å². The largest absolute Gasteiger partial charge is 0.497 e. The van der Waals surface area contributed by atoms with E-state index >= 15 is 0 Å². The fraction of sp³-hybridized carbons (Fsp3) is 0.632. The van der Waals surface area contributed by atoms with Gasteiger partial charge in [0.15, 0.2) is 5.96 Å². The molecule has 5 heteroatoms. The van der Waals surface area contributed by atoms with Crippen LogP contribution < -0.4 is 15.4 Å². The SMILES string of the molecule is CN=C(NCc1cc(C)cc(OC)c1)NC1CN(C(C)C)CC1C. The first kappa shape index (κ1) is 18.6. The van der Waals surface area contributed by atoms with Crippen molar-refractivity contribution in [2.24, 2.45) is 10.9 Å². The number of nitrogens with zero attached hydrogens (tertiary/aromatic N) is 2. The first-order valence-corrected chi connectivity index (χ1v) is 8.78. The predicted molar refractivity (Wildman–Crippen MR) is 101 cm³/mol. The zero-order chi connectivity index (χ0) is 17.7. The molecular formula is C19H32N4O. The van der Waals surface area contributed by atoms with Crippen LogP contribution in [0.4, 0.5) is 0 Å². The summed E-state index contributed by atoms with van der Waals surface area (Å²) in [7, 11) is 3.53. The van der Waals surface area contributed by atoms with E-state index in [2.05, 4.69) is 60.4 Å². The number of ether oxygens (including phenoxy) is 1. The highest BCUT2D eigenvalue weighted by atomic mass is 16.5. The number of hydrogen-bond acceptors (Lipinski definition) is 3. The zero-order valence-corrected chi connectivity index (χ0v) is 15.9. The van der Waals surface area contributed by atoms with Gasteiger partial charge in [-0.15, -0.1) is 0 Å². The van der Waals surface area contributed by atoms with E-state index in [-0.39, 0.29) is 0 Å². The molecule has 1 fully saturated rings. The second kappa shape index (κ2) is 8.38. The minimum Gasteiger partial charge on any atom is -0.497 e. The van der Waals surface area contributed by atoms with Crippen molar-refractivity contribution in [1.82, 2.24) is 15.5 Å². The van der Waals surface area contributed by atoms with E-state index in [1.165, 1.54) is 11.1 Å². The van der Waals surface area contributed by atoms with Gasteiger partial charge in [-0.05, 0) is 49.9 Å². The summed E-state index contributed by atoms with van der Waals surface area (Å²) in [6.45, 7) is 11.8. The summed E-state index contributed by atoms with van der Waals surface area (Å²) in [5.74, 6) is 2.37. The number of aliphatic imine (C=N–C) groups is 1. The Balaban J connectivity index is 1.92. The molecule has 1 saturated heterocycles. The molecule has 1 aromatic rings. The number of hydrogen-bond donors (Lipinski definition) is 2. The summed E-state index contributed by atoms with van der Waals surface area (Å²) in [6.07, 6.45) is 0. The first-order valence-electron chi connectivity index (χ1n) is 8.78. The van der Waals surface area contributed by atoms with Gasteiger partial charge >= 0.3 is 0 Å². The maximum atomic E-state index is 5.35. The Morgan fingerprint density at radius 3 is 2.67 bits per heavy atom. The fourth-order valence-corrected chi connectivity index (χ4v) is 3.21.